The van der Waals surface area contributed by atoms with Gasteiger partial charge in [0, 0.05) is 17.1 Å². The molecule has 0 fully saturated rings. The summed E-state index contributed by atoms with van der Waals surface area (Å²) in [5.74, 6) is 0.145. The van der Waals surface area contributed by atoms with Crippen molar-refractivity contribution >= 4 is 38.2 Å². The fraction of sp³-hybridized carbons (Fsp3) is 0.250. The summed E-state index contributed by atoms with van der Waals surface area (Å²) in [5, 5.41) is 3.60. The average Bonchev–Trinajstić information content (AvgIpc) is 3.08. The number of hydrogen-bond donors (Lipinski definition) is 1. The fourth-order valence-corrected chi connectivity index (χ4v) is 6.19. The smallest absolute Gasteiger partial charge is 0.251 e. The Kier molecular flexibility index (Phi) is 6.40. The Morgan fingerprint density at radius 1 is 1.13 bits per heavy atom. The van der Waals surface area contributed by atoms with Crippen LogP contribution in [0.3, 0.4) is 0 Å². The molecule has 2 aromatic heterocycles. The molecule has 39 heavy (non-hydrogen) atoms. The van der Waals surface area contributed by atoms with Crippen molar-refractivity contribution in [2.75, 3.05) is 30.4 Å². The van der Waals surface area contributed by atoms with Gasteiger partial charge in [0.2, 0.25) is 0 Å². The molecule has 4 aromatic rings. The number of nitrogens with zero attached hydrogens (tertiary/aromatic N) is 3. The van der Waals surface area contributed by atoms with E-state index in [0.717, 1.165) is 10.9 Å². The number of aryl methyl sites for hydroxylation is 1. The third-order valence-corrected chi connectivity index (χ3v) is 8.51. The number of amides is 1. The second kappa shape index (κ2) is 9.90. The summed E-state index contributed by atoms with van der Waals surface area (Å²) in [5.41, 5.74) is 3.13. The van der Waals surface area contributed by atoms with Crippen LogP contribution in [0.4, 0.5) is 15.9 Å². The van der Waals surface area contributed by atoms with E-state index in [4.69, 9.17) is 14.5 Å². The number of aromatic nitrogens is 2. The van der Waals surface area contributed by atoms with Crippen LogP contribution in [0.2, 0.25) is 0 Å². The summed E-state index contributed by atoms with van der Waals surface area (Å²) in [7, 11) is -3.52. The molecule has 0 aliphatic carbocycles. The van der Waals surface area contributed by atoms with E-state index in [0.29, 0.717) is 47.2 Å². The summed E-state index contributed by atoms with van der Waals surface area (Å²) in [6.07, 6.45) is 1.67. The second-order valence-electron chi connectivity index (χ2n) is 9.51. The maximum atomic E-state index is 14.9. The standard InChI is InChI=1S/C28H25FN4O5S/c1-17-10-22(29)27-24(11-17)38-7-6-33(27)26-5-4-19-14-30-21(13-23(19)32-26)15-31-28(34)18-2-3-20-16-37-8-9-39(35,36)25(20)12-18/h2-5,10-14H,6-9,15-16H2,1H3,(H,31,34). The van der Waals surface area contributed by atoms with Gasteiger partial charge in [-0.2, -0.15) is 0 Å². The molecule has 1 N–H and O–H groups in total. The predicted octanol–water partition coefficient (Wildman–Crippen LogP) is 3.84. The molecule has 6 rings (SSSR count). The maximum Gasteiger partial charge on any atom is 0.251 e. The molecule has 0 saturated heterocycles. The highest BCUT2D eigenvalue weighted by Gasteiger charge is 2.26. The van der Waals surface area contributed by atoms with Crippen LogP contribution in [0.5, 0.6) is 5.75 Å². The van der Waals surface area contributed by atoms with Gasteiger partial charge in [0.25, 0.3) is 5.91 Å². The molecule has 0 radical (unpaired) electrons. The monoisotopic (exact) mass is 548 g/mol. The molecule has 2 aliphatic heterocycles. The minimum absolute atomic E-state index is 0.113. The number of ether oxygens (including phenoxy) is 2. The van der Waals surface area contributed by atoms with Gasteiger partial charge in [-0.05, 0) is 60.5 Å². The lowest BCUT2D eigenvalue weighted by molar-refractivity contribution is 0.0950. The van der Waals surface area contributed by atoms with E-state index >= 15 is 0 Å². The van der Waals surface area contributed by atoms with Gasteiger partial charge in [-0.25, -0.2) is 17.8 Å². The van der Waals surface area contributed by atoms with Crippen molar-refractivity contribution in [1.82, 2.24) is 15.3 Å². The van der Waals surface area contributed by atoms with Crippen LogP contribution in [0, 0.1) is 12.7 Å². The van der Waals surface area contributed by atoms with Crippen LogP contribution >= 0.6 is 0 Å². The minimum atomic E-state index is -3.52. The van der Waals surface area contributed by atoms with Crippen molar-refractivity contribution in [3.63, 3.8) is 0 Å². The van der Waals surface area contributed by atoms with Gasteiger partial charge in [-0.3, -0.25) is 9.78 Å². The van der Waals surface area contributed by atoms with Crippen molar-refractivity contribution in [3.8, 4) is 5.75 Å². The van der Waals surface area contributed by atoms with E-state index in [1.54, 1.807) is 29.3 Å². The Morgan fingerprint density at radius 2 is 2.00 bits per heavy atom. The summed E-state index contributed by atoms with van der Waals surface area (Å²) >= 11 is 0. The summed E-state index contributed by atoms with van der Waals surface area (Å²) < 4.78 is 51.0. The Morgan fingerprint density at radius 3 is 2.87 bits per heavy atom. The zero-order valence-electron chi connectivity index (χ0n) is 21.1. The first-order valence-electron chi connectivity index (χ1n) is 12.5. The number of anilines is 2. The van der Waals surface area contributed by atoms with Gasteiger partial charge in [0.05, 0.1) is 48.2 Å². The Hall–Kier alpha value is -4.09. The van der Waals surface area contributed by atoms with Crippen molar-refractivity contribution in [1.29, 1.82) is 0 Å². The highest BCUT2D eigenvalue weighted by atomic mass is 32.2. The molecule has 0 unspecified atom stereocenters. The molecular formula is C28H25FN4O5S. The van der Waals surface area contributed by atoms with Crippen LogP contribution in [-0.2, 0) is 27.7 Å². The van der Waals surface area contributed by atoms with Gasteiger partial charge in [-0.1, -0.05) is 6.07 Å². The van der Waals surface area contributed by atoms with E-state index in [1.165, 1.54) is 12.1 Å². The molecule has 0 saturated carbocycles. The van der Waals surface area contributed by atoms with E-state index in [-0.39, 0.29) is 41.8 Å². The van der Waals surface area contributed by atoms with Crippen LogP contribution in [0.15, 0.2) is 59.6 Å². The Labute approximate surface area is 224 Å². The molecular weight excluding hydrogens is 523 g/mol. The Bertz CT molecular complexity index is 1730. The molecule has 9 nitrogen and oxygen atoms in total. The lowest BCUT2D eigenvalue weighted by atomic mass is 10.1. The summed E-state index contributed by atoms with van der Waals surface area (Å²) in [6.45, 7) is 3.09. The number of benzene rings is 2. The summed E-state index contributed by atoms with van der Waals surface area (Å²) in [4.78, 5) is 24.0. The number of nitrogens with one attached hydrogen (secondary N) is 1. The Balaban J connectivity index is 1.23. The highest BCUT2D eigenvalue weighted by Crippen LogP contribution is 2.39. The number of fused-ring (bicyclic) bond motifs is 3. The molecule has 2 aromatic carbocycles. The van der Waals surface area contributed by atoms with Gasteiger partial charge in [0.15, 0.2) is 15.7 Å². The van der Waals surface area contributed by atoms with Crippen molar-refractivity contribution in [2.24, 2.45) is 0 Å². The molecule has 0 spiro atoms. The molecule has 0 atom stereocenters. The number of pyridine rings is 2. The summed E-state index contributed by atoms with van der Waals surface area (Å²) in [6, 6.07) is 13.3. The predicted molar refractivity (Wildman–Crippen MR) is 142 cm³/mol. The number of carbonyl (C=O) groups is 1. The van der Waals surface area contributed by atoms with Crippen molar-refractivity contribution in [2.45, 2.75) is 25.0 Å². The molecule has 0 bridgehead atoms. The number of sulfone groups is 1. The van der Waals surface area contributed by atoms with E-state index in [2.05, 4.69) is 10.3 Å². The van der Waals surface area contributed by atoms with E-state index in [9.17, 15) is 17.6 Å². The number of carbonyl (C=O) groups excluding carboxylic acids is 1. The normalized spacial score (nSPS) is 16.1. The molecule has 200 valence electrons. The zero-order chi connectivity index (χ0) is 27.1. The first kappa shape index (κ1) is 25.2. The van der Waals surface area contributed by atoms with Crippen LogP contribution in [0.1, 0.15) is 27.2 Å². The minimum Gasteiger partial charge on any atom is -0.489 e. The average molecular weight is 549 g/mol. The third kappa shape index (κ3) is 4.90. The van der Waals surface area contributed by atoms with E-state index in [1.807, 2.05) is 25.1 Å². The van der Waals surface area contributed by atoms with E-state index < -0.39 is 15.7 Å². The number of hydrogen-bond acceptors (Lipinski definition) is 8. The zero-order valence-corrected chi connectivity index (χ0v) is 21.9. The first-order valence-corrected chi connectivity index (χ1v) is 14.1. The van der Waals surface area contributed by atoms with Gasteiger partial charge in [-0.15, -0.1) is 0 Å². The second-order valence-corrected chi connectivity index (χ2v) is 11.6. The van der Waals surface area contributed by atoms with Gasteiger partial charge in [0.1, 0.15) is 23.9 Å². The first-order chi connectivity index (χ1) is 18.8. The number of rotatable bonds is 4. The molecule has 2 aliphatic rings. The fourth-order valence-electron chi connectivity index (χ4n) is 4.79. The topological polar surface area (TPSA) is 111 Å². The van der Waals surface area contributed by atoms with Crippen molar-refractivity contribution in [3.05, 3.63) is 82.9 Å². The lowest BCUT2D eigenvalue weighted by Crippen LogP contribution is -2.30. The SMILES string of the molecule is Cc1cc(F)c2c(c1)OCCN2c1ccc2cnc(CNC(=O)c3ccc4c(c3)S(=O)(=O)CCOC4)cc2n1. The molecule has 4 heterocycles. The quantitative estimate of drug-likeness (QED) is 0.410. The van der Waals surface area contributed by atoms with Gasteiger partial charge < -0.3 is 19.7 Å². The highest BCUT2D eigenvalue weighted by molar-refractivity contribution is 7.91. The van der Waals surface area contributed by atoms with Gasteiger partial charge >= 0.3 is 0 Å². The molecule has 1 amide bonds. The van der Waals surface area contributed by atoms with Crippen LogP contribution < -0.4 is 15.0 Å². The maximum absolute atomic E-state index is 14.9. The van der Waals surface area contributed by atoms with Crippen LogP contribution in [-0.4, -0.2) is 49.8 Å². The molecule has 11 heteroatoms. The number of halogens is 1. The van der Waals surface area contributed by atoms with Crippen LogP contribution in [0.25, 0.3) is 10.9 Å². The largest absolute Gasteiger partial charge is 0.489 e. The lowest BCUT2D eigenvalue weighted by Gasteiger charge is -2.31. The van der Waals surface area contributed by atoms with Crippen molar-refractivity contribution < 1.29 is 27.1 Å². The third-order valence-electron chi connectivity index (χ3n) is 6.76.